The maximum absolute atomic E-state index is 5.20. The van der Waals surface area contributed by atoms with Crippen LogP contribution in [-0.4, -0.2) is 7.11 Å². The summed E-state index contributed by atoms with van der Waals surface area (Å²) in [6.07, 6.45) is 9.42. The summed E-state index contributed by atoms with van der Waals surface area (Å²) in [5.41, 5.74) is 2.80. The Balaban J connectivity index is 1.69. The second kappa shape index (κ2) is 11.2. The van der Waals surface area contributed by atoms with E-state index in [4.69, 9.17) is 4.74 Å². The molecular formula is C22H30OS. The lowest BCUT2D eigenvalue weighted by Crippen LogP contribution is -1.87. The van der Waals surface area contributed by atoms with Gasteiger partial charge in [0.05, 0.1) is 7.11 Å². The van der Waals surface area contributed by atoms with Gasteiger partial charge in [0.2, 0.25) is 0 Å². The van der Waals surface area contributed by atoms with Crippen molar-refractivity contribution in [2.24, 2.45) is 0 Å². The van der Waals surface area contributed by atoms with E-state index in [9.17, 15) is 0 Å². The van der Waals surface area contributed by atoms with Crippen LogP contribution in [0.25, 0.3) is 0 Å². The SMILES string of the molecule is CCCCCCCCc1ccc(SCc2ccc(OC)cc2)cc1. The number of rotatable bonds is 11. The molecule has 0 saturated carbocycles. The zero-order chi connectivity index (χ0) is 17.0. The summed E-state index contributed by atoms with van der Waals surface area (Å²) in [6.45, 7) is 2.27. The summed E-state index contributed by atoms with van der Waals surface area (Å²) in [5.74, 6) is 1.92. The van der Waals surface area contributed by atoms with Crippen molar-refractivity contribution in [1.29, 1.82) is 0 Å². The zero-order valence-corrected chi connectivity index (χ0v) is 15.9. The zero-order valence-electron chi connectivity index (χ0n) is 15.1. The molecule has 2 heteroatoms. The van der Waals surface area contributed by atoms with Crippen LogP contribution in [0.3, 0.4) is 0 Å². The molecule has 2 rings (SSSR count). The molecule has 0 heterocycles. The maximum atomic E-state index is 5.20. The molecule has 0 bridgehead atoms. The molecule has 2 aromatic rings. The fourth-order valence-electron chi connectivity index (χ4n) is 2.75. The van der Waals surface area contributed by atoms with E-state index in [-0.39, 0.29) is 0 Å². The van der Waals surface area contributed by atoms with Crippen molar-refractivity contribution in [3.63, 3.8) is 0 Å². The molecule has 0 aliphatic heterocycles. The van der Waals surface area contributed by atoms with Gasteiger partial charge in [0.1, 0.15) is 5.75 Å². The molecule has 0 radical (unpaired) electrons. The minimum Gasteiger partial charge on any atom is -0.497 e. The highest BCUT2D eigenvalue weighted by Crippen LogP contribution is 2.24. The predicted molar refractivity (Wildman–Crippen MR) is 106 cm³/mol. The first kappa shape index (κ1) is 18.9. The van der Waals surface area contributed by atoms with Crippen LogP contribution < -0.4 is 4.74 Å². The number of thioether (sulfide) groups is 1. The van der Waals surface area contributed by atoms with Gasteiger partial charge in [-0.1, -0.05) is 63.3 Å². The molecular weight excluding hydrogens is 312 g/mol. The number of benzene rings is 2. The Morgan fingerprint density at radius 2 is 1.38 bits per heavy atom. The number of hydrogen-bond acceptors (Lipinski definition) is 2. The Kier molecular flexibility index (Phi) is 8.83. The van der Waals surface area contributed by atoms with Gasteiger partial charge in [-0.15, -0.1) is 11.8 Å². The quantitative estimate of drug-likeness (QED) is 0.325. The molecule has 0 aliphatic rings. The van der Waals surface area contributed by atoms with Crippen molar-refractivity contribution in [2.75, 3.05) is 7.11 Å². The molecule has 0 aliphatic carbocycles. The Bertz CT molecular complexity index is 560. The molecule has 1 nitrogen and oxygen atoms in total. The average molecular weight is 343 g/mol. The summed E-state index contributed by atoms with van der Waals surface area (Å²) in [6, 6.07) is 17.4. The normalized spacial score (nSPS) is 10.8. The van der Waals surface area contributed by atoms with Crippen LogP contribution >= 0.6 is 11.8 Å². The highest BCUT2D eigenvalue weighted by molar-refractivity contribution is 7.98. The summed E-state index contributed by atoms with van der Waals surface area (Å²) >= 11 is 1.89. The van der Waals surface area contributed by atoms with Gasteiger partial charge in [0.15, 0.2) is 0 Å². The third kappa shape index (κ3) is 7.00. The molecule has 0 atom stereocenters. The molecule has 0 N–H and O–H groups in total. The third-order valence-corrected chi connectivity index (χ3v) is 5.39. The summed E-state index contributed by atoms with van der Waals surface area (Å²) in [7, 11) is 1.70. The lowest BCUT2D eigenvalue weighted by molar-refractivity contribution is 0.414. The van der Waals surface area contributed by atoms with Gasteiger partial charge in [0, 0.05) is 10.6 Å². The van der Waals surface area contributed by atoms with Crippen molar-refractivity contribution >= 4 is 11.8 Å². The van der Waals surface area contributed by atoms with Gasteiger partial charge in [-0.05, 0) is 48.2 Å². The van der Waals surface area contributed by atoms with Crippen molar-refractivity contribution in [1.82, 2.24) is 0 Å². The van der Waals surface area contributed by atoms with Gasteiger partial charge >= 0.3 is 0 Å². The lowest BCUT2D eigenvalue weighted by Gasteiger charge is -2.06. The number of aryl methyl sites for hydroxylation is 1. The van der Waals surface area contributed by atoms with E-state index in [1.807, 2.05) is 23.9 Å². The molecule has 0 spiro atoms. The van der Waals surface area contributed by atoms with Gasteiger partial charge in [-0.3, -0.25) is 0 Å². The first-order valence-corrected chi connectivity index (χ1v) is 10.1. The molecule has 0 unspecified atom stereocenters. The minimum absolute atomic E-state index is 0.919. The fraction of sp³-hybridized carbons (Fsp3) is 0.455. The molecule has 0 saturated heterocycles. The summed E-state index contributed by atoms with van der Waals surface area (Å²) in [4.78, 5) is 1.34. The van der Waals surface area contributed by atoms with Crippen molar-refractivity contribution in [3.8, 4) is 5.75 Å². The van der Waals surface area contributed by atoms with Crippen LogP contribution in [0, 0.1) is 0 Å². The molecule has 0 amide bonds. The van der Waals surface area contributed by atoms with Crippen molar-refractivity contribution < 1.29 is 4.74 Å². The topological polar surface area (TPSA) is 9.23 Å². The smallest absolute Gasteiger partial charge is 0.118 e. The van der Waals surface area contributed by atoms with E-state index in [1.54, 1.807) is 7.11 Å². The third-order valence-electron chi connectivity index (χ3n) is 4.31. The summed E-state index contributed by atoms with van der Waals surface area (Å²) in [5, 5.41) is 0. The Hall–Kier alpha value is -1.41. The fourth-order valence-corrected chi connectivity index (χ4v) is 3.60. The van der Waals surface area contributed by atoms with E-state index in [0.717, 1.165) is 11.5 Å². The van der Waals surface area contributed by atoms with Crippen molar-refractivity contribution in [2.45, 2.75) is 62.5 Å². The van der Waals surface area contributed by atoms with Gasteiger partial charge in [-0.2, -0.15) is 0 Å². The van der Waals surface area contributed by atoms with E-state index < -0.39 is 0 Å². The first-order chi connectivity index (χ1) is 11.8. The van der Waals surface area contributed by atoms with Gasteiger partial charge < -0.3 is 4.74 Å². The van der Waals surface area contributed by atoms with Crippen LogP contribution in [-0.2, 0) is 12.2 Å². The highest BCUT2D eigenvalue weighted by atomic mass is 32.2. The van der Waals surface area contributed by atoms with Crippen LogP contribution in [0.5, 0.6) is 5.75 Å². The number of unbranched alkanes of at least 4 members (excludes halogenated alkanes) is 5. The number of hydrogen-bond donors (Lipinski definition) is 0. The van der Waals surface area contributed by atoms with Crippen LogP contribution in [0.2, 0.25) is 0 Å². The first-order valence-electron chi connectivity index (χ1n) is 9.16. The van der Waals surface area contributed by atoms with E-state index >= 15 is 0 Å². The highest BCUT2D eigenvalue weighted by Gasteiger charge is 1.99. The molecule has 24 heavy (non-hydrogen) atoms. The second-order valence-corrected chi connectivity index (χ2v) is 7.35. The standard InChI is InChI=1S/C22H30OS/c1-3-4-5-6-7-8-9-19-12-16-22(17-13-19)24-18-20-10-14-21(23-2)15-11-20/h10-17H,3-9,18H2,1-2H3. The van der Waals surface area contributed by atoms with Gasteiger partial charge in [0.25, 0.3) is 0 Å². The van der Waals surface area contributed by atoms with E-state index in [0.29, 0.717) is 0 Å². The van der Waals surface area contributed by atoms with Gasteiger partial charge in [-0.25, -0.2) is 0 Å². The van der Waals surface area contributed by atoms with Crippen LogP contribution in [0.15, 0.2) is 53.4 Å². The lowest BCUT2D eigenvalue weighted by atomic mass is 10.1. The molecule has 130 valence electrons. The largest absolute Gasteiger partial charge is 0.497 e. The Labute approximate surface area is 151 Å². The maximum Gasteiger partial charge on any atom is 0.118 e. The average Bonchev–Trinajstić information content (AvgIpc) is 2.64. The Morgan fingerprint density at radius 3 is 2.04 bits per heavy atom. The van der Waals surface area contributed by atoms with Crippen LogP contribution in [0.1, 0.15) is 56.6 Å². The minimum atomic E-state index is 0.919. The van der Waals surface area contributed by atoms with Crippen LogP contribution in [0.4, 0.5) is 0 Å². The predicted octanol–water partition coefficient (Wildman–Crippen LogP) is 6.89. The van der Waals surface area contributed by atoms with E-state index in [1.165, 1.54) is 61.0 Å². The number of methoxy groups -OCH3 is 1. The Morgan fingerprint density at radius 1 is 0.750 bits per heavy atom. The number of ether oxygens (including phenoxy) is 1. The summed E-state index contributed by atoms with van der Waals surface area (Å²) < 4.78 is 5.20. The van der Waals surface area contributed by atoms with E-state index in [2.05, 4.69) is 43.3 Å². The monoisotopic (exact) mass is 342 g/mol. The molecule has 0 aromatic heterocycles. The van der Waals surface area contributed by atoms with Crippen molar-refractivity contribution in [3.05, 3.63) is 59.7 Å². The molecule has 2 aromatic carbocycles. The second-order valence-electron chi connectivity index (χ2n) is 6.30. The molecule has 0 fully saturated rings.